The monoisotopic (exact) mass is 569 g/mol. The zero-order chi connectivity index (χ0) is 27.9. The van der Waals surface area contributed by atoms with Gasteiger partial charge in [0.25, 0.3) is 0 Å². The summed E-state index contributed by atoms with van der Waals surface area (Å²) in [6, 6.07) is 9.83. The smallest absolute Gasteiger partial charge is 0.242 e. The topological polar surface area (TPSA) is 86.8 Å². The highest BCUT2D eigenvalue weighted by atomic mass is 35.5. The molecule has 0 heterocycles. The van der Waals surface area contributed by atoms with Crippen LogP contribution in [-0.4, -0.2) is 50.5 Å². The van der Waals surface area contributed by atoms with Crippen LogP contribution in [0.5, 0.6) is 0 Å². The SMILES string of the molecule is Cc1ccc(N(CCCC(=O)N(Cc2ccc(Cl)c(Cl)c2)[C@@H](C)C(=O)NCC(C)C)S(C)(=O)=O)cc1C. The number of nitrogens with zero attached hydrogens (tertiary/aromatic N) is 2. The second-order valence-corrected chi connectivity index (χ2v) is 12.5. The molecule has 1 atom stereocenters. The fraction of sp³-hybridized carbons (Fsp3) is 0.481. The lowest BCUT2D eigenvalue weighted by Gasteiger charge is -2.30. The van der Waals surface area contributed by atoms with Crippen LogP contribution in [-0.2, 0) is 26.2 Å². The van der Waals surface area contributed by atoms with Crippen molar-refractivity contribution < 1.29 is 18.0 Å². The average molecular weight is 571 g/mol. The summed E-state index contributed by atoms with van der Waals surface area (Å²) in [5.41, 5.74) is 3.35. The van der Waals surface area contributed by atoms with E-state index in [4.69, 9.17) is 23.2 Å². The first-order valence-corrected chi connectivity index (χ1v) is 14.9. The molecule has 2 aromatic rings. The van der Waals surface area contributed by atoms with Gasteiger partial charge >= 0.3 is 0 Å². The lowest BCUT2D eigenvalue weighted by molar-refractivity contribution is -0.140. The van der Waals surface area contributed by atoms with Gasteiger partial charge in [0, 0.05) is 26.1 Å². The van der Waals surface area contributed by atoms with E-state index >= 15 is 0 Å². The minimum atomic E-state index is -3.55. The van der Waals surface area contributed by atoms with Gasteiger partial charge in [0.2, 0.25) is 21.8 Å². The first kappa shape index (κ1) is 30.9. The summed E-state index contributed by atoms with van der Waals surface area (Å²) >= 11 is 12.2. The molecule has 0 spiro atoms. The van der Waals surface area contributed by atoms with Crippen LogP contribution < -0.4 is 9.62 Å². The van der Waals surface area contributed by atoms with E-state index in [9.17, 15) is 18.0 Å². The molecule has 37 heavy (non-hydrogen) atoms. The quantitative estimate of drug-likeness (QED) is 0.373. The summed E-state index contributed by atoms with van der Waals surface area (Å²) in [4.78, 5) is 27.7. The van der Waals surface area contributed by atoms with E-state index < -0.39 is 16.1 Å². The van der Waals surface area contributed by atoms with Crippen molar-refractivity contribution in [3.8, 4) is 0 Å². The molecule has 0 radical (unpaired) electrons. The third-order valence-corrected chi connectivity index (χ3v) is 8.05. The standard InChI is InChI=1S/C27H37Cl2N3O4S/c1-18(2)16-30-27(34)21(5)31(17-22-10-12-24(28)25(29)15-22)26(33)8-7-13-32(37(6,35)36)23-11-9-19(3)20(4)14-23/h9-12,14-15,18,21H,7-8,13,16-17H2,1-6H3,(H,30,34)/t21-/m0/s1. The molecule has 0 aliphatic rings. The maximum absolute atomic E-state index is 13.4. The van der Waals surface area contributed by atoms with E-state index in [1.54, 1.807) is 31.2 Å². The third kappa shape index (κ3) is 9.20. The first-order chi connectivity index (χ1) is 17.2. The van der Waals surface area contributed by atoms with Crippen molar-refractivity contribution in [1.29, 1.82) is 0 Å². The summed E-state index contributed by atoms with van der Waals surface area (Å²) in [5, 5.41) is 3.64. The van der Waals surface area contributed by atoms with Crippen molar-refractivity contribution in [2.45, 2.75) is 60.0 Å². The molecule has 0 aromatic heterocycles. The Morgan fingerprint density at radius 1 is 0.973 bits per heavy atom. The van der Waals surface area contributed by atoms with E-state index in [0.29, 0.717) is 22.3 Å². The van der Waals surface area contributed by atoms with E-state index in [1.807, 2.05) is 39.8 Å². The van der Waals surface area contributed by atoms with Gasteiger partial charge in [-0.05, 0) is 74.1 Å². The van der Waals surface area contributed by atoms with Crippen LogP contribution in [0.2, 0.25) is 10.0 Å². The Hall–Kier alpha value is -2.29. The number of aryl methyl sites for hydroxylation is 2. The fourth-order valence-electron chi connectivity index (χ4n) is 3.75. The number of sulfonamides is 1. The summed E-state index contributed by atoms with van der Waals surface area (Å²) in [7, 11) is -3.55. The van der Waals surface area contributed by atoms with Crippen LogP contribution in [0, 0.1) is 19.8 Å². The molecule has 10 heteroatoms. The number of halogens is 2. The largest absolute Gasteiger partial charge is 0.354 e. The molecular weight excluding hydrogens is 533 g/mol. The molecule has 0 aliphatic carbocycles. The van der Waals surface area contributed by atoms with Crippen LogP contribution >= 0.6 is 23.2 Å². The van der Waals surface area contributed by atoms with E-state index in [2.05, 4.69) is 5.32 Å². The number of rotatable bonds is 12. The van der Waals surface area contributed by atoms with Gasteiger partial charge in [0.1, 0.15) is 6.04 Å². The molecular formula is C27H37Cl2N3O4S. The third-order valence-electron chi connectivity index (χ3n) is 6.12. The molecule has 2 amide bonds. The summed E-state index contributed by atoms with van der Waals surface area (Å²) < 4.78 is 26.3. The minimum Gasteiger partial charge on any atom is -0.354 e. The highest BCUT2D eigenvalue weighted by molar-refractivity contribution is 7.92. The number of carbonyl (C=O) groups is 2. The van der Waals surface area contributed by atoms with Crippen LogP contribution in [0.3, 0.4) is 0 Å². The molecule has 204 valence electrons. The van der Waals surface area contributed by atoms with Gasteiger partial charge < -0.3 is 10.2 Å². The van der Waals surface area contributed by atoms with E-state index in [-0.39, 0.29) is 43.7 Å². The van der Waals surface area contributed by atoms with Crippen LogP contribution in [0.15, 0.2) is 36.4 Å². The van der Waals surface area contributed by atoms with Crippen LogP contribution in [0.1, 0.15) is 50.3 Å². The highest BCUT2D eigenvalue weighted by Gasteiger charge is 2.27. The second-order valence-electron chi connectivity index (χ2n) is 9.79. The number of carbonyl (C=O) groups excluding carboxylic acids is 2. The van der Waals surface area contributed by atoms with Gasteiger partial charge in [-0.25, -0.2) is 8.42 Å². The minimum absolute atomic E-state index is 0.0694. The Morgan fingerprint density at radius 3 is 2.22 bits per heavy atom. The van der Waals surface area contributed by atoms with Crippen LogP contribution in [0.4, 0.5) is 5.69 Å². The maximum atomic E-state index is 13.4. The molecule has 0 aliphatic heterocycles. The summed E-state index contributed by atoms with van der Waals surface area (Å²) in [5.74, 6) is -0.246. The van der Waals surface area contributed by atoms with Gasteiger partial charge in [0.15, 0.2) is 0 Å². The number of nitrogens with one attached hydrogen (secondary N) is 1. The summed E-state index contributed by atoms with van der Waals surface area (Å²) in [6.45, 7) is 10.4. The molecule has 2 aromatic carbocycles. The van der Waals surface area contributed by atoms with Crippen molar-refractivity contribution in [2.75, 3.05) is 23.7 Å². The Bertz CT molecular complexity index is 1220. The molecule has 0 unspecified atom stereocenters. The number of benzene rings is 2. The van der Waals surface area contributed by atoms with Gasteiger partial charge in [-0.2, -0.15) is 0 Å². The second kappa shape index (κ2) is 13.5. The van der Waals surface area contributed by atoms with Crippen molar-refractivity contribution in [1.82, 2.24) is 10.2 Å². The number of hydrogen-bond acceptors (Lipinski definition) is 4. The summed E-state index contributed by atoms with van der Waals surface area (Å²) in [6.07, 6.45) is 1.51. The molecule has 7 nitrogen and oxygen atoms in total. The van der Waals surface area contributed by atoms with Crippen molar-refractivity contribution in [3.05, 3.63) is 63.1 Å². The fourth-order valence-corrected chi connectivity index (χ4v) is 5.03. The average Bonchev–Trinajstić information content (AvgIpc) is 2.81. The lowest BCUT2D eigenvalue weighted by Crippen LogP contribution is -2.48. The molecule has 0 bridgehead atoms. The van der Waals surface area contributed by atoms with Gasteiger partial charge in [-0.1, -0.05) is 49.2 Å². The first-order valence-electron chi connectivity index (χ1n) is 12.3. The molecule has 1 N–H and O–H groups in total. The normalized spacial score (nSPS) is 12.4. The molecule has 0 saturated carbocycles. The Balaban J connectivity index is 2.20. The van der Waals surface area contributed by atoms with Crippen molar-refractivity contribution in [2.24, 2.45) is 5.92 Å². The Morgan fingerprint density at radius 2 is 1.65 bits per heavy atom. The maximum Gasteiger partial charge on any atom is 0.242 e. The van der Waals surface area contributed by atoms with E-state index in [0.717, 1.165) is 22.9 Å². The predicted octanol–water partition coefficient (Wildman–Crippen LogP) is 5.35. The van der Waals surface area contributed by atoms with Gasteiger partial charge in [-0.3, -0.25) is 13.9 Å². The number of hydrogen-bond donors (Lipinski definition) is 1. The molecule has 0 saturated heterocycles. The lowest BCUT2D eigenvalue weighted by atomic mass is 10.1. The Kier molecular flexibility index (Phi) is 11.3. The molecule has 0 fully saturated rings. The van der Waals surface area contributed by atoms with Gasteiger partial charge in [0.05, 0.1) is 22.0 Å². The number of anilines is 1. The number of amides is 2. The van der Waals surface area contributed by atoms with Crippen LogP contribution in [0.25, 0.3) is 0 Å². The van der Waals surface area contributed by atoms with E-state index in [1.165, 1.54) is 9.21 Å². The Labute approximate surface area is 231 Å². The van der Waals surface area contributed by atoms with Gasteiger partial charge in [-0.15, -0.1) is 0 Å². The highest BCUT2D eigenvalue weighted by Crippen LogP contribution is 2.25. The molecule has 2 rings (SSSR count). The predicted molar refractivity (Wildman–Crippen MR) is 152 cm³/mol. The van der Waals surface area contributed by atoms with Crippen molar-refractivity contribution in [3.63, 3.8) is 0 Å². The zero-order valence-corrected chi connectivity index (χ0v) is 24.7. The van der Waals surface area contributed by atoms with Crippen molar-refractivity contribution >= 4 is 50.7 Å². The zero-order valence-electron chi connectivity index (χ0n) is 22.3.